The fraction of sp³-hybridized carbons (Fsp3) is 1.00. The molecule has 2 heteroatoms. The van der Waals surface area contributed by atoms with E-state index in [2.05, 4.69) is 27.8 Å². The Morgan fingerprint density at radius 3 is 2.58 bits per heavy atom. The summed E-state index contributed by atoms with van der Waals surface area (Å²) in [6.45, 7) is 6.22. The van der Waals surface area contributed by atoms with Crippen LogP contribution in [0.15, 0.2) is 0 Å². The molecule has 0 heterocycles. The van der Waals surface area contributed by atoms with Crippen molar-refractivity contribution in [2.24, 2.45) is 5.92 Å². The lowest BCUT2D eigenvalue weighted by Gasteiger charge is -2.20. The first-order chi connectivity index (χ1) is 5.86. The summed E-state index contributed by atoms with van der Waals surface area (Å²) in [6, 6.07) is 0. The van der Waals surface area contributed by atoms with Crippen molar-refractivity contribution < 1.29 is 0 Å². The summed E-state index contributed by atoms with van der Waals surface area (Å²) in [6.07, 6.45) is 5.56. The van der Waals surface area contributed by atoms with Crippen LogP contribution in [0.1, 0.15) is 32.6 Å². The first kappa shape index (κ1) is 10.5. The van der Waals surface area contributed by atoms with E-state index in [4.69, 9.17) is 0 Å². The molecule has 0 aromatic carbocycles. The van der Waals surface area contributed by atoms with E-state index >= 15 is 0 Å². The molecule has 0 N–H and O–H groups in total. The number of rotatable bonds is 7. The van der Waals surface area contributed by atoms with Gasteiger partial charge in [0.25, 0.3) is 0 Å². The minimum atomic E-state index is 1.05. The average Bonchev–Trinajstić information content (AvgIpc) is 2.84. The van der Waals surface area contributed by atoms with Crippen molar-refractivity contribution in [3.8, 4) is 0 Å². The summed E-state index contributed by atoms with van der Waals surface area (Å²) in [5.41, 5.74) is 0. The van der Waals surface area contributed by atoms with E-state index in [1.165, 1.54) is 45.3 Å². The number of hydrogen-bond acceptors (Lipinski definition) is 1. The number of nitrogens with zero attached hydrogens (tertiary/aromatic N) is 1. The Labute approximate surface area is 84.6 Å². The van der Waals surface area contributed by atoms with Crippen molar-refractivity contribution in [1.82, 2.24) is 4.90 Å². The van der Waals surface area contributed by atoms with Gasteiger partial charge < -0.3 is 4.90 Å². The van der Waals surface area contributed by atoms with Crippen LogP contribution >= 0.6 is 15.9 Å². The molecule has 72 valence electrons. The summed E-state index contributed by atoms with van der Waals surface area (Å²) in [5, 5.41) is 1.15. The Bertz CT molecular complexity index is 112. The maximum atomic E-state index is 3.48. The van der Waals surface area contributed by atoms with Crippen LogP contribution in [0.25, 0.3) is 0 Å². The minimum absolute atomic E-state index is 1.05. The van der Waals surface area contributed by atoms with Crippen molar-refractivity contribution in [3.05, 3.63) is 0 Å². The summed E-state index contributed by atoms with van der Waals surface area (Å²) in [4.78, 5) is 2.62. The second kappa shape index (κ2) is 5.98. The SMILES string of the molecule is CCCN(CCCBr)CC1CC1. The Balaban J connectivity index is 2.07. The molecule has 0 radical (unpaired) electrons. The van der Waals surface area contributed by atoms with Gasteiger partial charge in [-0.3, -0.25) is 0 Å². The van der Waals surface area contributed by atoms with Crippen molar-refractivity contribution in [1.29, 1.82) is 0 Å². The fourth-order valence-corrected chi connectivity index (χ4v) is 1.81. The molecule has 0 saturated heterocycles. The summed E-state index contributed by atoms with van der Waals surface area (Å²) >= 11 is 3.48. The van der Waals surface area contributed by atoms with Gasteiger partial charge in [0.15, 0.2) is 0 Å². The van der Waals surface area contributed by atoms with Gasteiger partial charge >= 0.3 is 0 Å². The third-order valence-corrected chi connectivity index (χ3v) is 2.92. The van der Waals surface area contributed by atoms with Gasteiger partial charge in [0, 0.05) is 11.9 Å². The van der Waals surface area contributed by atoms with Crippen LogP contribution in [0.3, 0.4) is 0 Å². The molecule has 0 atom stereocenters. The molecule has 0 spiro atoms. The second-order valence-electron chi connectivity index (χ2n) is 3.79. The summed E-state index contributed by atoms with van der Waals surface area (Å²) < 4.78 is 0. The molecule has 0 aromatic heterocycles. The molecular weight excluding hydrogens is 214 g/mol. The zero-order valence-electron chi connectivity index (χ0n) is 8.06. The first-order valence-electron chi connectivity index (χ1n) is 5.15. The van der Waals surface area contributed by atoms with Crippen LogP contribution in [0, 0.1) is 5.92 Å². The van der Waals surface area contributed by atoms with Crippen LogP contribution in [0.4, 0.5) is 0 Å². The Morgan fingerprint density at radius 2 is 2.08 bits per heavy atom. The van der Waals surface area contributed by atoms with Crippen LogP contribution in [-0.4, -0.2) is 29.9 Å². The van der Waals surface area contributed by atoms with Crippen molar-refractivity contribution in [2.45, 2.75) is 32.6 Å². The highest BCUT2D eigenvalue weighted by molar-refractivity contribution is 9.09. The maximum absolute atomic E-state index is 3.48. The van der Waals surface area contributed by atoms with Crippen LogP contribution < -0.4 is 0 Å². The highest BCUT2D eigenvalue weighted by atomic mass is 79.9. The molecule has 1 nitrogen and oxygen atoms in total. The zero-order chi connectivity index (χ0) is 8.81. The van der Waals surface area contributed by atoms with Crippen molar-refractivity contribution >= 4 is 15.9 Å². The lowest BCUT2D eigenvalue weighted by Crippen LogP contribution is -2.28. The molecule has 0 aromatic rings. The average molecular weight is 234 g/mol. The molecular formula is C10H20BrN. The van der Waals surface area contributed by atoms with Gasteiger partial charge in [0.05, 0.1) is 0 Å². The molecule has 0 amide bonds. The molecule has 0 aliphatic heterocycles. The highest BCUT2D eigenvalue weighted by Crippen LogP contribution is 2.29. The standard InChI is InChI=1S/C10H20BrN/c1-2-7-12(8-3-6-11)9-10-4-5-10/h10H,2-9H2,1H3. The molecule has 0 bridgehead atoms. The lowest BCUT2D eigenvalue weighted by atomic mass is 10.3. The van der Waals surface area contributed by atoms with Gasteiger partial charge in [0.1, 0.15) is 0 Å². The monoisotopic (exact) mass is 233 g/mol. The Kier molecular flexibility index (Phi) is 5.24. The minimum Gasteiger partial charge on any atom is -0.303 e. The van der Waals surface area contributed by atoms with Gasteiger partial charge in [-0.05, 0) is 44.7 Å². The number of alkyl halides is 1. The van der Waals surface area contributed by atoms with E-state index in [0.29, 0.717) is 0 Å². The predicted octanol–water partition coefficient (Wildman–Crippen LogP) is 2.89. The van der Waals surface area contributed by atoms with E-state index in [9.17, 15) is 0 Å². The van der Waals surface area contributed by atoms with E-state index < -0.39 is 0 Å². The third-order valence-electron chi connectivity index (χ3n) is 2.36. The fourth-order valence-electron chi connectivity index (χ4n) is 1.56. The smallest absolute Gasteiger partial charge is 0.00434 e. The number of halogens is 1. The second-order valence-corrected chi connectivity index (χ2v) is 4.58. The van der Waals surface area contributed by atoms with Gasteiger partial charge in [-0.25, -0.2) is 0 Å². The Morgan fingerprint density at radius 1 is 1.33 bits per heavy atom. The van der Waals surface area contributed by atoms with Crippen LogP contribution in [0.5, 0.6) is 0 Å². The Hall–Kier alpha value is 0.440. The predicted molar refractivity (Wildman–Crippen MR) is 57.9 cm³/mol. The lowest BCUT2D eigenvalue weighted by molar-refractivity contribution is 0.265. The normalized spacial score (nSPS) is 17.2. The van der Waals surface area contributed by atoms with E-state index in [1.807, 2.05) is 0 Å². The molecule has 1 aliphatic rings. The van der Waals surface area contributed by atoms with Crippen LogP contribution in [0.2, 0.25) is 0 Å². The molecule has 1 fully saturated rings. The first-order valence-corrected chi connectivity index (χ1v) is 6.27. The quantitative estimate of drug-likeness (QED) is 0.612. The van der Waals surface area contributed by atoms with Gasteiger partial charge in [-0.1, -0.05) is 22.9 Å². The topological polar surface area (TPSA) is 3.24 Å². The molecule has 1 rings (SSSR count). The van der Waals surface area contributed by atoms with E-state index in [1.54, 1.807) is 0 Å². The van der Waals surface area contributed by atoms with Crippen LogP contribution in [-0.2, 0) is 0 Å². The molecule has 0 unspecified atom stereocenters. The summed E-state index contributed by atoms with van der Waals surface area (Å²) in [5.74, 6) is 1.05. The van der Waals surface area contributed by atoms with Crippen molar-refractivity contribution in [2.75, 3.05) is 25.0 Å². The molecule has 1 saturated carbocycles. The zero-order valence-corrected chi connectivity index (χ0v) is 9.65. The van der Waals surface area contributed by atoms with Gasteiger partial charge in [-0.15, -0.1) is 0 Å². The molecule has 1 aliphatic carbocycles. The summed E-state index contributed by atoms with van der Waals surface area (Å²) in [7, 11) is 0. The number of hydrogen-bond donors (Lipinski definition) is 0. The molecule has 12 heavy (non-hydrogen) atoms. The van der Waals surface area contributed by atoms with Gasteiger partial charge in [0.2, 0.25) is 0 Å². The maximum Gasteiger partial charge on any atom is 0.00434 e. The van der Waals surface area contributed by atoms with Crippen molar-refractivity contribution in [3.63, 3.8) is 0 Å². The van der Waals surface area contributed by atoms with E-state index in [-0.39, 0.29) is 0 Å². The third kappa shape index (κ3) is 4.46. The largest absolute Gasteiger partial charge is 0.303 e. The van der Waals surface area contributed by atoms with E-state index in [0.717, 1.165) is 11.2 Å². The van der Waals surface area contributed by atoms with Gasteiger partial charge in [-0.2, -0.15) is 0 Å². The highest BCUT2D eigenvalue weighted by Gasteiger charge is 2.23.